The average Bonchev–Trinajstić information content (AvgIpc) is 3.04. The van der Waals surface area contributed by atoms with Crippen LogP contribution in [0.4, 0.5) is 0 Å². The van der Waals surface area contributed by atoms with Crippen molar-refractivity contribution in [2.24, 2.45) is 7.05 Å². The lowest BCUT2D eigenvalue weighted by Gasteiger charge is -2.35. The third-order valence-corrected chi connectivity index (χ3v) is 4.95. The van der Waals surface area contributed by atoms with E-state index in [4.69, 9.17) is 4.74 Å². The average molecular weight is 350 g/mol. The predicted octanol–water partition coefficient (Wildman–Crippen LogP) is 2.57. The number of rotatable bonds is 4. The molecule has 3 aromatic rings. The van der Waals surface area contributed by atoms with E-state index < -0.39 is 0 Å². The molecule has 0 radical (unpaired) electrons. The van der Waals surface area contributed by atoms with Gasteiger partial charge in [-0.1, -0.05) is 18.2 Å². The summed E-state index contributed by atoms with van der Waals surface area (Å²) in [6.07, 6.45) is 4.23. The summed E-state index contributed by atoms with van der Waals surface area (Å²) in [7, 11) is 1.99. The van der Waals surface area contributed by atoms with Crippen molar-refractivity contribution in [1.82, 2.24) is 19.4 Å². The fourth-order valence-corrected chi connectivity index (χ4v) is 3.52. The molecule has 6 nitrogen and oxygen atoms in total. The molecular weight excluding hydrogens is 328 g/mol. The van der Waals surface area contributed by atoms with Gasteiger partial charge in [0.15, 0.2) is 0 Å². The van der Waals surface area contributed by atoms with Gasteiger partial charge >= 0.3 is 0 Å². The van der Waals surface area contributed by atoms with Crippen LogP contribution in [0.15, 0.2) is 42.9 Å². The van der Waals surface area contributed by atoms with E-state index in [9.17, 15) is 4.79 Å². The first-order valence-electron chi connectivity index (χ1n) is 8.90. The molecule has 0 saturated carbocycles. The van der Waals surface area contributed by atoms with Gasteiger partial charge in [-0.3, -0.25) is 9.78 Å². The fraction of sp³-hybridized carbons (Fsp3) is 0.350. The quantitative estimate of drug-likeness (QED) is 0.726. The van der Waals surface area contributed by atoms with E-state index >= 15 is 0 Å². The second-order valence-corrected chi connectivity index (χ2v) is 6.62. The van der Waals surface area contributed by atoms with Gasteiger partial charge in [-0.2, -0.15) is 0 Å². The van der Waals surface area contributed by atoms with E-state index in [1.165, 1.54) is 5.69 Å². The maximum atomic E-state index is 13.2. The summed E-state index contributed by atoms with van der Waals surface area (Å²) in [5.41, 5.74) is 3.63. The van der Waals surface area contributed by atoms with Crippen molar-refractivity contribution in [3.05, 3.63) is 59.8 Å². The number of hydrogen-bond donors (Lipinski definition) is 0. The standard InChI is InChI=1S/C20H22N4O2/c1-3-26-12-16-9-19-18(22-13-23(19)2)11-24(16)20(25)15-8-14-6-4-5-7-17(14)21-10-15/h4-8,10,13,16H,3,9,11-12H2,1-2H3. The van der Waals surface area contributed by atoms with Crippen LogP contribution in [0.5, 0.6) is 0 Å². The van der Waals surface area contributed by atoms with Crippen LogP contribution in [0, 0.1) is 0 Å². The maximum absolute atomic E-state index is 13.2. The Morgan fingerprint density at radius 3 is 3.00 bits per heavy atom. The molecule has 6 heteroatoms. The molecule has 4 rings (SSSR count). The van der Waals surface area contributed by atoms with Crippen LogP contribution in [-0.2, 0) is 24.8 Å². The van der Waals surface area contributed by atoms with Gasteiger partial charge in [0.05, 0.1) is 42.3 Å². The highest BCUT2D eigenvalue weighted by Crippen LogP contribution is 2.25. The van der Waals surface area contributed by atoms with Crippen molar-refractivity contribution in [2.45, 2.75) is 25.9 Å². The first-order valence-corrected chi connectivity index (χ1v) is 8.90. The zero-order valence-electron chi connectivity index (χ0n) is 15.1. The Morgan fingerprint density at radius 1 is 1.31 bits per heavy atom. The van der Waals surface area contributed by atoms with Crippen molar-refractivity contribution in [1.29, 1.82) is 0 Å². The van der Waals surface area contributed by atoms with Crippen LogP contribution in [-0.4, -0.2) is 44.6 Å². The number of ether oxygens (including phenoxy) is 1. The molecule has 1 aliphatic rings. The van der Waals surface area contributed by atoms with Crippen molar-refractivity contribution < 1.29 is 9.53 Å². The summed E-state index contributed by atoms with van der Waals surface area (Å²) in [4.78, 5) is 24.0. The number of hydrogen-bond acceptors (Lipinski definition) is 4. The van der Waals surface area contributed by atoms with Gasteiger partial charge in [-0.05, 0) is 19.1 Å². The zero-order valence-corrected chi connectivity index (χ0v) is 15.1. The highest BCUT2D eigenvalue weighted by Gasteiger charge is 2.33. The first kappa shape index (κ1) is 16.7. The second kappa shape index (κ2) is 6.88. The van der Waals surface area contributed by atoms with Crippen LogP contribution in [0.2, 0.25) is 0 Å². The first-order chi connectivity index (χ1) is 12.7. The number of pyridine rings is 1. The minimum Gasteiger partial charge on any atom is -0.380 e. The number of para-hydroxylation sites is 1. The molecule has 0 spiro atoms. The van der Waals surface area contributed by atoms with Gasteiger partial charge in [0.25, 0.3) is 5.91 Å². The van der Waals surface area contributed by atoms with E-state index in [1.54, 1.807) is 6.20 Å². The number of fused-ring (bicyclic) bond motifs is 2. The van der Waals surface area contributed by atoms with Crippen LogP contribution < -0.4 is 0 Å². The van der Waals surface area contributed by atoms with E-state index in [-0.39, 0.29) is 11.9 Å². The summed E-state index contributed by atoms with van der Waals surface area (Å²) in [6, 6.07) is 9.74. The Morgan fingerprint density at radius 2 is 2.15 bits per heavy atom. The molecule has 3 heterocycles. The molecule has 1 aromatic carbocycles. The largest absolute Gasteiger partial charge is 0.380 e. The summed E-state index contributed by atoms with van der Waals surface area (Å²) >= 11 is 0. The molecular formula is C20H22N4O2. The summed E-state index contributed by atoms with van der Waals surface area (Å²) in [6.45, 7) is 3.62. The summed E-state index contributed by atoms with van der Waals surface area (Å²) < 4.78 is 7.69. The predicted molar refractivity (Wildman–Crippen MR) is 98.8 cm³/mol. The van der Waals surface area contributed by atoms with Crippen molar-refractivity contribution in [3.63, 3.8) is 0 Å². The molecule has 2 aromatic heterocycles. The molecule has 134 valence electrons. The van der Waals surface area contributed by atoms with Gasteiger partial charge < -0.3 is 14.2 Å². The Bertz CT molecular complexity index is 950. The minimum atomic E-state index is -0.0238. The van der Waals surface area contributed by atoms with E-state index in [2.05, 4.69) is 9.97 Å². The van der Waals surface area contributed by atoms with E-state index in [0.717, 1.165) is 23.0 Å². The highest BCUT2D eigenvalue weighted by atomic mass is 16.5. The Labute approximate surface area is 152 Å². The van der Waals surface area contributed by atoms with Gasteiger partial charge in [-0.25, -0.2) is 4.98 Å². The molecule has 1 aliphatic heterocycles. The van der Waals surface area contributed by atoms with Gasteiger partial charge in [0, 0.05) is 37.4 Å². The number of aryl methyl sites for hydroxylation is 1. The maximum Gasteiger partial charge on any atom is 0.256 e. The molecule has 0 aliphatic carbocycles. The minimum absolute atomic E-state index is 0.00294. The van der Waals surface area contributed by atoms with Crippen LogP contribution >= 0.6 is 0 Å². The van der Waals surface area contributed by atoms with E-state index in [1.807, 2.05) is 60.1 Å². The Kier molecular flexibility index (Phi) is 4.42. The second-order valence-electron chi connectivity index (χ2n) is 6.62. The van der Waals surface area contributed by atoms with Crippen molar-refractivity contribution in [2.75, 3.05) is 13.2 Å². The summed E-state index contributed by atoms with van der Waals surface area (Å²) in [5.74, 6) is -0.0238. The number of carbonyl (C=O) groups excluding carboxylic acids is 1. The van der Waals surface area contributed by atoms with Crippen molar-refractivity contribution >= 4 is 16.8 Å². The lowest BCUT2D eigenvalue weighted by Crippen LogP contribution is -2.47. The molecule has 0 saturated heterocycles. The number of aromatic nitrogens is 3. The van der Waals surface area contributed by atoms with Crippen LogP contribution in [0.1, 0.15) is 28.7 Å². The monoisotopic (exact) mass is 350 g/mol. The summed E-state index contributed by atoms with van der Waals surface area (Å²) in [5, 5.41) is 0.968. The van der Waals surface area contributed by atoms with E-state index in [0.29, 0.717) is 25.3 Å². The van der Waals surface area contributed by atoms with Gasteiger partial charge in [-0.15, -0.1) is 0 Å². The van der Waals surface area contributed by atoms with Crippen LogP contribution in [0.3, 0.4) is 0 Å². The molecule has 1 amide bonds. The molecule has 1 unspecified atom stereocenters. The number of benzene rings is 1. The number of amides is 1. The third kappa shape index (κ3) is 2.97. The molecule has 0 N–H and O–H groups in total. The van der Waals surface area contributed by atoms with Gasteiger partial charge in [0.1, 0.15) is 0 Å². The van der Waals surface area contributed by atoms with Crippen molar-refractivity contribution in [3.8, 4) is 0 Å². The Balaban J connectivity index is 1.66. The third-order valence-electron chi connectivity index (χ3n) is 4.95. The molecule has 26 heavy (non-hydrogen) atoms. The smallest absolute Gasteiger partial charge is 0.256 e. The van der Waals surface area contributed by atoms with Gasteiger partial charge in [0.2, 0.25) is 0 Å². The lowest BCUT2D eigenvalue weighted by molar-refractivity contribution is 0.0387. The zero-order chi connectivity index (χ0) is 18.1. The molecule has 0 fully saturated rings. The number of nitrogens with zero attached hydrogens (tertiary/aromatic N) is 4. The highest BCUT2D eigenvalue weighted by molar-refractivity contribution is 5.97. The normalized spacial score (nSPS) is 16.7. The lowest BCUT2D eigenvalue weighted by atomic mass is 10.0. The fourth-order valence-electron chi connectivity index (χ4n) is 3.52. The van der Waals surface area contributed by atoms with Crippen LogP contribution in [0.25, 0.3) is 10.9 Å². The topological polar surface area (TPSA) is 60.2 Å². The number of carbonyl (C=O) groups is 1. The Hall–Kier alpha value is -2.73. The molecule has 1 atom stereocenters. The SMILES string of the molecule is CCOCC1Cc2c(ncn2C)CN1C(=O)c1cnc2ccccc2c1. The number of imidazole rings is 1. The molecule has 0 bridgehead atoms.